The molecule has 28 heavy (non-hydrogen) atoms. The van der Waals surface area contributed by atoms with Crippen LogP contribution in [0.2, 0.25) is 0 Å². The third-order valence-electron chi connectivity index (χ3n) is 4.39. The molecule has 4 aromatic rings. The lowest BCUT2D eigenvalue weighted by molar-refractivity contribution is 0.506. The predicted octanol–water partition coefficient (Wildman–Crippen LogP) is 5.48. The summed E-state index contributed by atoms with van der Waals surface area (Å²) in [6.07, 6.45) is 1.77. The van der Waals surface area contributed by atoms with Gasteiger partial charge in [0.25, 0.3) is 0 Å². The fourth-order valence-electron chi connectivity index (χ4n) is 3.04. The van der Waals surface area contributed by atoms with Gasteiger partial charge in [0, 0.05) is 24.2 Å². The molecule has 3 aromatic carbocycles. The second-order valence-electron chi connectivity index (χ2n) is 6.30. The van der Waals surface area contributed by atoms with Gasteiger partial charge in [0.2, 0.25) is 0 Å². The molecule has 140 valence electrons. The van der Waals surface area contributed by atoms with Gasteiger partial charge in [-0.3, -0.25) is 0 Å². The number of hydrogen-bond donors (Lipinski definition) is 0. The summed E-state index contributed by atoms with van der Waals surface area (Å²) in [4.78, 5) is 4.42. The van der Waals surface area contributed by atoms with Gasteiger partial charge in [0.15, 0.2) is 23.3 Å². The molecule has 2 nitrogen and oxygen atoms in total. The molecule has 0 amide bonds. The van der Waals surface area contributed by atoms with Crippen molar-refractivity contribution in [3.63, 3.8) is 0 Å². The molecule has 4 rings (SSSR count). The van der Waals surface area contributed by atoms with E-state index in [1.54, 1.807) is 12.3 Å². The molecule has 0 aliphatic rings. The zero-order valence-electron chi connectivity index (χ0n) is 14.5. The maximum absolute atomic E-state index is 13.5. The van der Waals surface area contributed by atoms with Gasteiger partial charge in [0.1, 0.15) is 0 Å². The molecule has 0 radical (unpaired) electrons. The highest BCUT2D eigenvalue weighted by molar-refractivity contribution is 5.78. The summed E-state index contributed by atoms with van der Waals surface area (Å²) in [7, 11) is 0. The summed E-state index contributed by atoms with van der Waals surface area (Å²) in [5.74, 6) is -3.68. The van der Waals surface area contributed by atoms with Crippen molar-refractivity contribution in [2.45, 2.75) is 6.54 Å². The third kappa shape index (κ3) is 3.53. The highest BCUT2D eigenvalue weighted by Gasteiger charge is 2.06. The van der Waals surface area contributed by atoms with Gasteiger partial charge in [0.05, 0.1) is 16.6 Å². The maximum atomic E-state index is 13.5. The minimum atomic E-state index is -0.963. The Balaban J connectivity index is 1.81. The topological polar surface area (TPSA) is 17.3 Å². The van der Waals surface area contributed by atoms with Gasteiger partial charge >= 0.3 is 0 Å². The monoisotopic (exact) mass is 382 g/mol. The maximum Gasteiger partial charge on any atom is 0.160 e. The molecular weight excluding hydrogens is 368 g/mol. The zero-order valence-corrected chi connectivity index (χ0v) is 14.5. The molecule has 0 unspecified atom stereocenters. The Labute approximate surface area is 158 Å². The standard InChI is InChI=1S/C22H14F4N2/c23-17-7-5-14(11-19(17)25)13-28-10-9-21(16-3-1-2-4-22(16)28)27-15-6-8-18(24)20(26)12-15/h1-12H,13H2/b27-21-. The van der Waals surface area contributed by atoms with E-state index < -0.39 is 23.3 Å². The Hall–Kier alpha value is -3.41. The van der Waals surface area contributed by atoms with Gasteiger partial charge in [-0.15, -0.1) is 0 Å². The largest absolute Gasteiger partial charge is 0.343 e. The van der Waals surface area contributed by atoms with E-state index in [1.807, 2.05) is 28.8 Å². The Morgan fingerprint density at radius 2 is 1.43 bits per heavy atom. The number of aromatic nitrogens is 1. The van der Waals surface area contributed by atoms with E-state index in [0.717, 1.165) is 35.2 Å². The van der Waals surface area contributed by atoms with Crippen LogP contribution in [-0.2, 0) is 6.54 Å². The third-order valence-corrected chi connectivity index (χ3v) is 4.39. The molecule has 0 fully saturated rings. The van der Waals surface area contributed by atoms with Crippen molar-refractivity contribution in [3.05, 3.63) is 107 Å². The van der Waals surface area contributed by atoms with Crippen LogP contribution in [0.5, 0.6) is 0 Å². The normalized spacial score (nSPS) is 11.9. The quantitative estimate of drug-likeness (QED) is 0.418. The van der Waals surface area contributed by atoms with E-state index in [-0.39, 0.29) is 0 Å². The van der Waals surface area contributed by atoms with Crippen molar-refractivity contribution in [2.24, 2.45) is 4.99 Å². The molecule has 0 saturated heterocycles. The van der Waals surface area contributed by atoms with Crippen LogP contribution >= 0.6 is 0 Å². The highest BCUT2D eigenvalue weighted by atomic mass is 19.2. The number of rotatable bonds is 3. The van der Waals surface area contributed by atoms with E-state index in [0.29, 0.717) is 23.2 Å². The summed E-state index contributed by atoms with van der Waals surface area (Å²) in [6.45, 7) is 0.336. The van der Waals surface area contributed by atoms with E-state index in [4.69, 9.17) is 0 Å². The molecule has 1 aromatic heterocycles. The van der Waals surface area contributed by atoms with E-state index in [2.05, 4.69) is 4.99 Å². The average molecular weight is 382 g/mol. The molecule has 0 aliphatic heterocycles. The fourth-order valence-corrected chi connectivity index (χ4v) is 3.04. The summed E-state index contributed by atoms with van der Waals surface area (Å²) < 4.78 is 55.1. The lowest BCUT2D eigenvalue weighted by atomic mass is 10.1. The van der Waals surface area contributed by atoms with Crippen LogP contribution in [0.3, 0.4) is 0 Å². The molecule has 1 heterocycles. The summed E-state index contributed by atoms with van der Waals surface area (Å²) in [5.41, 5.74) is 1.72. The SMILES string of the molecule is Fc1ccc(Cn2cc/c(=N/c3ccc(F)c(F)c3)c3ccccc32)cc1F. The molecule has 0 spiro atoms. The molecule has 0 N–H and O–H groups in total. The van der Waals surface area contributed by atoms with Gasteiger partial charge < -0.3 is 4.57 Å². The van der Waals surface area contributed by atoms with Gasteiger partial charge in [-0.1, -0.05) is 24.3 Å². The lowest BCUT2D eigenvalue weighted by Gasteiger charge is -2.12. The van der Waals surface area contributed by atoms with E-state index in [9.17, 15) is 17.6 Å². The van der Waals surface area contributed by atoms with Crippen molar-refractivity contribution >= 4 is 16.6 Å². The minimum Gasteiger partial charge on any atom is -0.343 e. The first-order valence-corrected chi connectivity index (χ1v) is 8.53. The number of fused-ring (bicyclic) bond motifs is 1. The first kappa shape index (κ1) is 18.0. The average Bonchev–Trinajstić information content (AvgIpc) is 2.69. The van der Waals surface area contributed by atoms with Crippen molar-refractivity contribution < 1.29 is 17.6 Å². The van der Waals surface area contributed by atoms with Gasteiger partial charge in [-0.25, -0.2) is 22.6 Å². The van der Waals surface area contributed by atoms with E-state index >= 15 is 0 Å². The van der Waals surface area contributed by atoms with Crippen LogP contribution in [0, 0.1) is 23.3 Å². The highest BCUT2D eigenvalue weighted by Crippen LogP contribution is 2.18. The molecule has 0 atom stereocenters. The molecule has 0 aliphatic carbocycles. The van der Waals surface area contributed by atoms with Gasteiger partial charge in [-0.05, 0) is 42.0 Å². The van der Waals surface area contributed by atoms with Gasteiger partial charge in [-0.2, -0.15) is 0 Å². The Morgan fingerprint density at radius 1 is 0.714 bits per heavy atom. The second-order valence-corrected chi connectivity index (χ2v) is 6.30. The Bertz CT molecular complexity index is 1240. The Kier molecular flexibility index (Phi) is 4.69. The first-order valence-electron chi connectivity index (χ1n) is 8.53. The van der Waals surface area contributed by atoms with Crippen molar-refractivity contribution in [1.82, 2.24) is 4.57 Å². The minimum absolute atomic E-state index is 0.294. The molecule has 0 saturated carbocycles. The van der Waals surface area contributed by atoms with Crippen molar-refractivity contribution in [1.29, 1.82) is 0 Å². The molecule has 0 bridgehead atoms. The first-order chi connectivity index (χ1) is 13.5. The number of nitrogens with zero attached hydrogens (tertiary/aromatic N) is 2. The summed E-state index contributed by atoms with van der Waals surface area (Å²) in [5, 5.41) is 1.38. The van der Waals surface area contributed by atoms with Crippen LogP contribution in [0.15, 0.2) is 77.9 Å². The fraction of sp³-hybridized carbons (Fsp3) is 0.0455. The zero-order chi connectivity index (χ0) is 19.7. The van der Waals surface area contributed by atoms with Crippen LogP contribution in [0.25, 0.3) is 10.9 Å². The number of para-hydroxylation sites is 1. The number of benzene rings is 3. The number of halogens is 4. The van der Waals surface area contributed by atoms with Crippen molar-refractivity contribution in [2.75, 3.05) is 0 Å². The number of hydrogen-bond acceptors (Lipinski definition) is 1. The smallest absolute Gasteiger partial charge is 0.160 e. The van der Waals surface area contributed by atoms with Crippen LogP contribution in [0.4, 0.5) is 23.2 Å². The van der Waals surface area contributed by atoms with Crippen LogP contribution in [0.1, 0.15) is 5.56 Å². The molecule has 6 heteroatoms. The summed E-state index contributed by atoms with van der Waals surface area (Å²) in [6, 6.07) is 16.4. The number of pyridine rings is 1. The van der Waals surface area contributed by atoms with Crippen LogP contribution < -0.4 is 5.36 Å². The second kappa shape index (κ2) is 7.31. The van der Waals surface area contributed by atoms with E-state index in [1.165, 1.54) is 12.1 Å². The van der Waals surface area contributed by atoms with Crippen molar-refractivity contribution in [3.8, 4) is 0 Å². The Morgan fingerprint density at radius 3 is 2.18 bits per heavy atom. The summed E-state index contributed by atoms with van der Waals surface area (Å²) >= 11 is 0. The van der Waals surface area contributed by atoms with Crippen LogP contribution in [-0.4, -0.2) is 4.57 Å². The molecular formula is C22H14F4N2. The lowest BCUT2D eigenvalue weighted by Crippen LogP contribution is -2.10. The predicted molar refractivity (Wildman–Crippen MR) is 99.0 cm³/mol.